The lowest BCUT2D eigenvalue weighted by atomic mass is 10.0. The van der Waals surface area contributed by atoms with Gasteiger partial charge in [-0.25, -0.2) is 4.79 Å². The van der Waals surface area contributed by atoms with Gasteiger partial charge in [-0.05, 0) is 23.6 Å². The van der Waals surface area contributed by atoms with E-state index in [1.54, 1.807) is 38.1 Å². The molecule has 0 saturated heterocycles. The number of ether oxygens (including phenoxy) is 1. The Kier molecular flexibility index (Phi) is 7.60. The van der Waals surface area contributed by atoms with E-state index < -0.39 is 24.0 Å². The van der Waals surface area contributed by atoms with E-state index in [1.807, 2.05) is 6.07 Å². The summed E-state index contributed by atoms with van der Waals surface area (Å²) in [6.07, 6.45) is 0.217. The number of benzene rings is 1. The molecule has 2 amide bonds. The van der Waals surface area contributed by atoms with E-state index in [1.165, 1.54) is 14.0 Å². The monoisotopic (exact) mass is 345 g/mol. The Bertz CT molecular complexity index is 662. The standard InChI is InChI=1S/C18H23N3O4/c1-11(2)16(20-12(3)22)17(23)21-15(18(24)25-4)9-13-5-7-14(10-19)8-6-13/h5-8,11,15-16H,9H2,1-4H3,(H,20,22)(H,21,23)/t15-,16-/m1/s1. The van der Waals surface area contributed by atoms with E-state index >= 15 is 0 Å². The second-order valence-corrected chi connectivity index (χ2v) is 6.02. The zero-order chi connectivity index (χ0) is 19.0. The van der Waals surface area contributed by atoms with Gasteiger partial charge < -0.3 is 15.4 Å². The van der Waals surface area contributed by atoms with Crippen molar-refractivity contribution in [2.45, 2.75) is 39.3 Å². The van der Waals surface area contributed by atoms with Crippen molar-refractivity contribution < 1.29 is 19.1 Å². The van der Waals surface area contributed by atoms with Gasteiger partial charge in [0.25, 0.3) is 0 Å². The Morgan fingerprint density at radius 3 is 2.20 bits per heavy atom. The average molecular weight is 345 g/mol. The number of hydrogen-bond acceptors (Lipinski definition) is 5. The normalized spacial score (nSPS) is 12.6. The second kappa shape index (κ2) is 9.42. The van der Waals surface area contributed by atoms with Crippen molar-refractivity contribution in [3.8, 4) is 6.07 Å². The summed E-state index contributed by atoms with van der Waals surface area (Å²) >= 11 is 0. The smallest absolute Gasteiger partial charge is 0.328 e. The molecule has 0 fully saturated rings. The molecule has 25 heavy (non-hydrogen) atoms. The number of methoxy groups -OCH3 is 1. The number of esters is 1. The summed E-state index contributed by atoms with van der Waals surface area (Å²) in [5.74, 6) is -1.50. The fourth-order valence-electron chi connectivity index (χ4n) is 2.30. The number of nitrogens with one attached hydrogen (secondary N) is 2. The van der Waals surface area contributed by atoms with Crippen molar-refractivity contribution in [3.63, 3.8) is 0 Å². The Labute approximate surface area is 147 Å². The molecule has 1 aromatic rings. The highest BCUT2D eigenvalue weighted by atomic mass is 16.5. The molecule has 1 rings (SSSR count). The van der Waals surface area contributed by atoms with Crippen LogP contribution in [0.15, 0.2) is 24.3 Å². The van der Waals surface area contributed by atoms with Gasteiger partial charge in [0.15, 0.2) is 0 Å². The molecule has 0 aliphatic rings. The van der Waals surface area contributed by atoms with Gasteiger partial charge in [-0.2, -0.15) is 5.26 Å². The maximum Gasteiger partial charge on any atom is 0.328 e. The molecule has 0 unspecified atom stereocenters. The number of amides is 2. The lowest BCUT2D eigenvalue weighted by molar-refractivity contribution is -0.145. The van der Waals surface area contributed by atoms with Crippen molar-refractivity contribution in [1.82, 2.24) is 10.6 Å². The third-order valence-electron chi connectivity index (χ3n) is 3.63. The number of nitriles is 1. The van der Waals surface area contributed by atoms with Crippen LogP contribution in [0.4, 0.5) is 0 Å². The van der Waals surface area contributed by atoms with E-state index in [4.69, 9.17) is 10.00 Å². The summed E-state index contributed by atoms with van der Waals surface area (Å²) in [4.78, 5) is 35.8. The molecular formula is C18H23N3O4. The Morgan fingerprint density at radius 2 is 1.76 bits per heavy atom. The van der Waals surface area contributed by atoms with Gasteiger partial charge in [0.1, 0.15) is 12.1 Å². The fourth-order valence-corrected chi connectivity index (χ4v) is 2.30. The molecule has 0 aromatic heterocycles. The number of rotatable bonds is 7. The van der Waals surface area contributed by atoms with Crippen molar-refractivity contribution in [3.05, 3.63) is 35.4 Å². The van der Waals surface area contributed by atoms with Crippen LogP contribution in [-0.2, 0) is 25.5 Å². The van der Waals surface area contributed by atoms with Crippen LogP contribution in [0, 0.1) is 17.2 Å². The summed E-state index contributed by atoms with van der Waals surface area (Å²) in [7, 11) is 1.24. The van der Waals surface area contributed by atoms with Gasteiger partial charge in [-0.3, -0.25) is 9.59 Å². The van der Waals surface area contributed by atoms with Crippen LogP contribution in [0.2, 0.25) is 0 Å². The average Bonchev–Trinajstić information content (AvgIpc) is 2.58. The van der Waals surface area contributed by atoms with Crippen LogP contribution >= 0.6 is 0 Å². The number of carbonyl (C=O) groups excluding carboxylic acids is 3. The molecule has 0 saturated carbocycles. The molecule has 7 heteroatoms. The lowest BCUT2D eigenvalue weighted by Gasteiger charge is -2.24. The third kappa shape index (κ3) is 6.26. The van der Waals surface area contributed by atoms with E-state index in [0.29, 0.717) is 5.56 Å². The van der Waals surface area contributed by atoms with Crippen LogP contribution in [0.3, 0.4) is 0 Å². The maximum absolute atomic E-state index is 12.5. The molecular weight excluding hydrogens is 322 g/mol. The van der Waals surface area contributed by atoms with Crippen molar-refractivity contribution >= 4 is 17.8 Å². The van der Waals surface area contributed by atoms with Gasteiger partial charge in [-0.15, -0.1) is 0 Å². The Morgan fingerprint density at radius 1 is 1.16 bits per heavy atom. The van der Waals surface area contributed by atoms with Crippen LogP contribution < -0.4 is 10.6 Å². The molecule has 0 aliphatic carbocycles. The molecule has 7 nitrogen and oxygen atoms in total. The van der Waals surface area contributed by atoms with Crippen molar-refractivity contribution in [2.24, 2.45) is 5.92 Å². The van der Waals surface area contributed by atoms with E-state index in [0.717, 1.165) is 5.56 Å². The highest BCUT2D eigenvalue weighted by Gasteiger charge is 2.28. The Balaban J connectivity index is 2.90. The fraction of sp³-hybridized carbons (Fsp3) is 0.444. The molecule has 2 N–H and O–H groups in total. The van der Waals surface area contributed by atoms with E-state index in [-0.39, 0.29) is 18.2 Å². The summed E-state index contributed by atoms with van der Waals surface area (Å²) in [6, 6.07) is 7.09. The summed E-state index contributed by atoms with van der Waals surface area (Å²) in [6.45, 7) is 4.93. The first kappa shape index (κ1) is 20.2. The minimum absolute atomic E-state index is 0.142. The minimum atomic E-state index is -0.888. The molecule has 0 aliphatic heterocycles. The zero-order valence-electron chi connectivity index (χ0n) is 14.8. The number of nitrogens with zero attached hydrogens (tertiary/aromatic N) is 1. The second-order valence-electron chi connectivity index (χ2n) is 6.02. The SMILES string of the molecule is COC(=O)[C@@H](Cc1ccc(C#N)cc1)NC(=O)[C@H](NC(C)=O)C(C)C. The first-order valence-corrected chi connectivity index (χ1v) is 7.92. The first-order valence-electron chi connectivity index (χ1n) is 7.92. The molecule has 0 spiro atoms. The topological polar surface area (TPSA) is 108 Å². The molecule has 2 atom stereocenters. The molecule has 1 aromatic carbocycles. The zero-order valence-corrected chi connectivity index (χ0v) is 14.8. The summed E-state index contributed by atoms with van der Waals surface area (Å²) < 4.78 is 4.76. The predicted octanol–water partition coefficient (Wildman–Crippen LogP) is 0.919. The van der Waals surface area contributed by atoms with Gasteiger partial charge >= 0.3 is 5.97 Å². The molecule has 0 heterocycles. The van der Waals surface area contributed by atoms with Crippen LogP contribution in [0.1, 0.15) is 31.9 Å². The van der Waals surface area contributed by atoms with Gasteiger partial charge in [0.05, 0.1) is 18.7 Å². The first-order chi connectivity index (χ1) is 11.8. The van der Waals surface area contributed by atoms with E-state index in [2.05, 4.69) is 10.6 Å². The van der Waals surface area contributed by atoms with Gasteiger partial charge in [0.2, 0.25) is 11.8 Å². The lowest BCUT2D eigenvalue weighted by Crippen LogP contribution is -2.54. The molecule has 0 bridgehead atoms. The molecule has 134 valence electrons. The van der Waals surface area contributed by atoms with Gasteiger partial charge in [0, 0.05) is 13.3 Å². The van der Waals surface area contributed by atoms with Crippen LogP contribution in [0.25, 0.3) is 0 Å². The number of hydrogen-bond donors (Lipinski definition) is 2. The molecule has 0 radical (unpaired) electrons. The van der Waals surface area contributed by atoms with Crippen LogP contribution in [0.5, 0.6) is 0 Å². The van der Waals surface area contributed by atoms with Crippen LogP contribution in [-0.4, -0.2) is 37.0 Å². The summed E-state index contributed by atoms with van der Waals surface area (Å²) in [5, 5.41) is 14.0. The quantitative estimate of drug-likeness (QED) is 0.714. The van der Waals surface area contributed by atoms with E-state index in [9.17, 15) is 14.4 Å². The van der Waals surface area contributed by atoms with Gasteiger partial charge in [-0.1, -0.05) is 26.0 Å². The number of carbonyl (C=O) groups is 3. The maximum atomic E-state index is 12.5. The van der Waals surface area contributed by atoms with Crippen molar-refractivity contribution in [1.29, 1.82) is 5.26 Å². The highest BCUT2D eigenvalue weighted by Crippen LogP contribution is 2.09. The minimum Gasteiger partial charge on any atom is -0.467 e. The highest BCUT2D eigenvalue weighted by molar-refractivity contribution is 5.90. The third-order valence-corrected chi connectivity index (χ3v) is 3.63. The predicted molar refractivity (Wildman–Crippen MR) is 91.3 cm³/mol. The summed E-state index contributed by atoms with van der Waals surface area (Å²) in [5.41, 5.74) is 1.28. The Hall–Kier alpha value is -2.88. The van der Waals surface area contributed by atoms with Crippen molar-refractivity contribution in [2.75, 3.05) is 7.11 Å². The largest absolute Gasteiger partial charge is 0.467 e.